The molecule has 0 amide bonds. The Bertz CT molecular complexity index is 516. The van der Waals surface area contributed by atoms with Crippen LogP contribution in [0.4, 0.5) is 0 Å². The molecule has 1 aromatic carbocycles. The fourth-order valence-corrected chi connectivity index (χ4v) is 3.08. The molecule has 0 radical (unpaired) electrons. The first-order valence-electron chi connectivity index (χ1n) is 7.75. The van der Waals surface area contributed by atoms with Gasteiger partial charge in [-0.05, 0) is 35.8 Å². The molecule has 0 heterocycles. The zero-order valence-electron chi connectivity index (χ0n) is 13.6. The van der Waals surface area contributed by atoms with E-state index in [1.807, 2.05) is 30.3 Å². The largest absolute Gasteiger partial charge is 0.462 e. The molecular weight excluding hydrogens is 260 g/mol. The fourth-order valence-electron chi connectivity index (χ4n) is 3.08. The SMILES string of the molecule is C[C@@H]1CC[C@](C)(COC(=O)/C=C/c2ccccc2)C1(C)C. The predicted octanol–water partition coefficient (Wildman–Crippen LogP) is 4.71. The van der Waals surface area contributed by atoms with Gasteiger partial charge in [-0.2, -0.15) is 0 Å². The summed E-state index contributed by atoms with van der Waals surface area (Å²) in [6.07, 6.45) is 5.65. The lowest BCUT2D eigenvalue weighted by molar-refractivity contribution is -0.143. The molecule has 0 N–H and O–H groups in total. The van der Waals surface area contributed by atoms with Gasteiger partial charge in [0, 0.05) is 11.5 Å². The number of rotatable bonds is 4. The van der Waals surface area contributed by atoms with Crippen LogP contribution in [0.2, 0.25) is 0 Å². The van der Waals surface area contributed by atoms with Gasteiger partial charge >= 0.3 is 5.97 Å². The van der Waals surface area contributed by atoms with Gasteiger partial charge < -0.3 is 4.74 Å². The third-order valence-electron chi connectivity index (χ3n) is 5.66. The molecule has 2 rings (SSSR count). The lowest BCUT2D eigenvalue weighted by atomic mass is 9.66. The summed E-state index contributed by atoms with van der Waals surface area (Å²) in [5, 5.41) is 0. The Labute approximate surface area is 128 Å². The maximum absolute atomic E-state index is 11.9. The molecule has 2 heteroatoms. The van der Waals surface area contributed by atoms with E-state index in [4.69, 9.17) is 4.74 Å². The van der Waals surface area contributed by atoms with E-state index in [-0.39, 0.29) is 16.8 Å². The molecule has 1 fully saturated rings. The van der Waals surface area contributed by atoms with Crippen molar-refractivity contribution in [3.8, 4) is 0 Å². The van der Waals surface area contributed by atoms with Crippen LogP contribution in [0.25, 0.3) is 6.08 Å². The van der Waals surface area contributed by atoms with E-state index in [0.29, 0.717) is 12.5 Å². The summed E-state index contributed by atoms with van der Waals surface area (Å²) in [5.41, 5.74) is 1.29. The monoisotopic (exact) mass is 286 g/mol. The van der Waals surface area contributed by atoms with Crippen molar-refractivity contribution in [3.63, 3.8) is 0 Å². The van der Waals surface area contributed by atoms with Crippen LogP contribution in [0.1, 0.15) is 46.1 Å². The topological polar surface area (TPSA) is 26.3 Å². The van der Waals surface area contributed by atoms with Crippen LogP contribution in [0, 0.1) is 16.7 Å². The second-order valence-corrected chi connectivity index (χ2v) is 7.07. The number of hydrogen-bond donors (Lipinski definition) is 0. The van der Waals surface area contributed by atoms with Gasteiger partial charge in [0.15, 0.2) is 0 Å². The molecule has 2 nitrogen and oxygen atoms in total. The summed E-state index contributed by atoms with van der Waals surface area (Å²) in [6.45, 7) is 9.62. The summed E-state index contributed by atoms with van der Waals surface area (Å²) in [6, 6.07) is 9.79. The average Bonchev–Trinajstić information content (AvgIpc) is 2.68. The van der Waals surface area contributed by atoms with E-state index in [1.165, 1.54) is 12.5 Å². The summed E-state index contributed by atoms with van der Waals surface area (Å²) < 4.78 is 5.51. The molecule has 114 valence electrons. The molecule has 0 unspecified atom stereocenters. The Hall–Kier alpha value is -1.57. The van der Waals surface area contributed by atoms with E-state index in [1.54, 1.807) is 6.08 Å². The Morgan fingerprint density at radius 1 is 1.29 bits per heavy atom. The predicted molar refractivity (Wildman–Crippen MR) is 86.7 cm³/mol. The number of ether oxygens (including phenoxy) is 1. The Morgan fingerprint density at radius 2 is 1.95 bits per heavy atom. The molecule has 0 saturated heterocycles. The van der Waals surface area contributed by atoms with Crippen LogP contribution < -0.4 is 0 Å². The molecule has 1 saturated carbocycles. The molecule has 1 aliphatic carbocycles. The Morgan fingerprint density at radius 3 is 2.52 bits per heavy atom. The van der Waals surface area contributed by atoms with Crippen molar-refractivity contribution in [2.45, 2.75) is 40.5 Å². The van der Waals surface area contributed by atoms with Crippen LogP contribution in [0.15, 0.2) is 36.4 Å². The van der Waals surface area contributed by atoms with Gasteiger partial charge in [-0.15, -0.1) is 0 Å². The van der Waals surface area contributed by atoms with Crippen LogP contribution in [0.3, 0.4) is 0 Å². The van der Waals surface area contributed by atoms with Crippen LogP contribution in [0.5, 0.6) is 0 Å². The standard InChI is InChI=1S/C19H26O2/c1-15-12-13-19(4,18(15,2)3)14-21-17(20)11-10-16-8-6-5-7-9-16/h5-11,15H,12-14H2,1-4H3/b11-10+/t15-,19-/m1/s1. The second-order valence-electron chi connectivity index (χ2n) is 7.07. The summed E-state index contributed by atoms with van der Waals surface area (Å²) in [7, 11) is 0. The number of carbonyl (C=O) groups is 1. The highest BCUT2D eigenvalue weighted by molar-refractivity contribution is 5.87. The Balaban J connectivity index is 1.91. The highest BCUT2D eigenvalue weighted by Crippen LogP contribution is 2.55. The molecule has 1 aromatic rings. The first-order chi connectivity index (χ1) is 9.85. The first kappa shape index (κ1) is 15.8. The minimum absolute atomic E-state index is 0.0721. The third-order valence-corrected chi connectivity index (χ3v) is 5.66. The van der Waals surface area contributed by atoms with E-state index in [9.17, 15) is 4.79 Å². The first-order valence-corrected chi connectivity index (χ1v) is 7.75. The van der Waals surface area contributed by atoms with Gasteiger partial charge in [-0.25, -0.2) is 4.79 Å². The van der Waals surface area contributed by atoms with Gasteiger partial charge in [0.05, 0.1) is 6.61 Å². The van der Waals surface area contributed by atoms with E-state index in [2.05, 4.69) is 27.7 Å². The smallest absolute Gasteiger partial charge is 0.330 e. The minimum atomic E-state index is -0.254. The molecule has 21 heavy (non-hydrogen) atoms. The lowest BCUT2D eigenvalue weighted by Gasteiger charge is -2.40. The van der Waals surface area contributed by atoms with Crippen molar-refractivity contribution >= 4 is 12.0 Å². The van der Waals surface area contributed by atoms with Crippen molar-refractivity contribution in [1.29, 1.82) is 0 Å². The lowest BCUT2D eigenvalue weighted by Crippen LogP contribution is -2.37. The van der Waals surface area contributed by atoms with Crippen molar-refractivity contribution in [3.05, 3.63) is 42.0 Å². The number of benzene rings is 1. The van der Waals surface area contributed by atoms with Crippen molar-refractivity contribution in [1.82, 2.24) is 0 Å². The van der Waals surface area contributed by atoms with Gasteiger partial charge in [0.25, 0.3) is 0 Å². The summed E-state index contributed by atoms with van der Waals surface area (Å²) in [5.74, 6) is 0.413. The summed E-state index contributed by atoms with van der Waals surface area (Å²) in [4.78, 5) is 11.9. The maximum Gasteiger partial charge on any atom is 0.330 e. The molecular formula is C19H26O2. The molecule has 0 spiro atoms. The molecule has 0 bridgehead atoms. The second kappa shape index (κ2) is 6.05. The fraction of sp³-hybridized carbons (Fsp3) is 0.526. The molecule has 1 aliphatic rings. The van der Waals surface area contributed by atoms with E-state index < -0.39 is 0 Å². The third kappa shape index (κ3) is 3.37. The highest BCUT2D eigenvalue weighted by atomic mass is 16.5. The Kier molecular flexibility index (Phi) is 4.55. The van der Waals surface area contributed by atoms with Gasteiger partial charge in [0.1, 0.15) is 0 Å². The normalized spacial score (nSPS) is 27.9. The van der Waals surface area contributed by atoms with Crippen molar-refractivity contribution < 1.29 is 9.53 Å². The average molecular weight is 286 g/mol. The number of esters is 1. The zero-order chi connectivity index (χ0) is 15.5. The molecule has 0 aromatic heterocycles. The highest BCUT2D eigenvalue weighted by Gasteiger charge is 2.50. The van der Waals surface area contributed by atoms with E-state index >= 15 is 0 Å². The quantitative estimate of drug-likeness (QED) is 0.592. The van der Waals surface area contributed by atoms with Gasteiger partial charge in [-0.3, -0.25) is 0 Å². The van der Waals surface area contributed by atoms with Crippen LogP contribution in [-0.4, -0.2) is 12.6 Å². The molecule has 2 atom stereocenters. The maximum atomic E-state index is 11.9. The number of carbonyl (C=O) groups excluding carboxylic acids is 1. The van der Waals surface area contributed by atoms with Crippen LogP contribution >= 0.6 is 0 Å². The van der Waals surface area contributed by atoms with Crippen LogP contribution in [-0.2, 0) is 9.53 Å². The molecule has 0 aliphatic heterocycles. The summed E-state index contributed by atoms with van der Waals surface area (Å²) >= 11 is 0. The van der Waals surface area contributed by atoms with Crippen molar-refractivity contribution in [2.75, 3.05) is 6.61 Å². The van der Waals surface area contributed by atoms with Gasteiger partial charge in [-0.1, -0.05) is 58.0 Å². The zero-order valence-corrected chi connectivity index (χ0v) is 13.6. The van der Waals surface area contributed by atoms with Gasteiger partial charge in [0.2, 0.25) is 0 Å². The van der Waals surface area contributed by atoms with Crippen molar-refractivity contribution in [2.24, 2.45) is 16.7 Å². The van der Waals surface area contributed by atoms with E-state index in [0.717, 1.165) is 12.0 Å². The minimum Gasteiger partial charge on any atom is -0.462 e. The number of hydrogen-bond acceptors (Lipinski definition) is 2.